The fourth-order valence-electron chi connectivity index (χ4n) is 5.53. The van der Waals surface area contributed by atoms with Gasteiger partial charge in [0.1, 0.15) is 24.0 Å². The van der Waals surface area contributed by atoms with Crippen LogP contribution in [0.15, 0.2) is 60.8 Å². The molecule has 7 heteroatoms. The van der Waals surface area contributed by atoms with E-state index in [0.29, 0.717) is 29.6 Å². The number of piperidine rings is 1. The van der Waals surface area contributed by atoms with Gasteiger partial charge in [-0.3, -0.25) is 0 Å². The van der Waals surface area contributed by atoms with E-state index in [1.54, 1.807) is 12.3 Å². The number of benzene rings is 2. The number of halogens is 1. The molecule has 1 saturated heterocycles. The van der Waals surface area contributed by atoms with E-state index in [4.69, 9.17) is 10.4 Å². The number of hydrogen-bond donors (Lipinski definition) is 3. The normalized spacial score (nSPS) is 18.3. The lowest BCUT2D eigenvalue weighted by atomic mass is 9.88. The predicted octanol–water partition coefficient (Wildman–Crippen LogP) is 6.15. The molecule has 3 aromatic rings. The molecule has 0 aliphatic carbocycles. The molecule has 3 N–H and O–H groups in total. The maximum atomic E-state index is 14.0. The average molecular weight is 512 g/mol. The number of pyridine rings is 1. The Kier molecular flexibility index (Phi) is 7.65. The number of carbonyl (C=O) groups excluding carboxylic acids is 1. The van der Waals surface area contributed by atoms with Crippen LogP contribution in [0.1, 0.15) is 72.0 Å². The van der Waals surface area contributed by atoms with E-state index in [0.717, 1.165) is 54.6 Å². The van der Waals surface area contributed by atoms with E-state index in [9.17, 15) is 9.18 Å². The highest BCUT2D eigenvalue weighted by molar-refractivity contribution is 6.02. The van der Waals surface area contributed by atoms with Crippen LogP contribution in [0.4, 0.5) is 15.9 Å². The van der Waals surface area contributed by atoms with Gasteiger partial charge in [0, 0.05) is 17.2 Å². The third kappa shape index (κ3) is 5.38. The Hall–Kier alpha value is -3.84. The first-order valence-corrected chi connectivity index (χ1v) is 13.3. The highest BCUT2D eigenvalue weighted by Gasteiger charge is 2.26. The standard InChI is InChI=1S/C31H34FN5O/c1-3-26(22-5-4-6-24(32)17-22)30(33)27-18-23-11-14-34-28(19-38)29(23)31(36-27)35-25-9-7-20(8-10-25)21-12-15-37(2)16-13-21/h4-11,14,17-19,21,26,28,33-34H,3,12-13,15-16H2,1-2H3,(H,35,36). The summed E-state index contributed by atoms with van der Waals surface area (Å²) in [4.78, 5) is 19.1. The van der Waals surface area contributed by atoms with Crippen LogP contribution in [0.3, 0.4) is 0 Å². The zero-order valence-electron chi connectivity index (χ0n) is 21.9. The minimum absolute atomic E-state index is 0.300. The third-order valence-electron chi connectivity index (χ3n) is 7.72. The maximum absolute atomic E-state index is 14.0. The molecule has 0 spiro atoms. The first-order chi connectivity index (χ1) is 18.5. The molecule has 2 unspecified atom stereocenters. The summed E-state index contributed by atoms with van der Waals surface area (Å²) in [6, 6.07) is 16.2. The minimum atomic E-state index is -0.545. The van der Waals surface area contributed by atoms with Gasteiger partial charge in [0.15, 0.2) is 0 Å². The third-order valence-corrected chi connectivity index (χ3v) is 7.72. The molecule has 38 heavy (non-hydrogen) atoms. The summed E-state index contributed by atoms with van der Waals surface area (Å²) in [5.41, 5.74) is 5.35. The van der Waals surface area contributed by atoms with Crippen LogP contribution >= 0.6 is 0 Å². The van der Waals surface area contributed by atoms with Crippen LogP contribution in [0.25, 0.3) is 6.08 Å². The molecule has 1 aromatic heterocycles. The summed E-state index contributed by atoms with van der Waals surface area (Å²) in [6.45, 7) is 4.21. The number of fused-ring (bicyclic) bond motifs is 1. The van der Waals surface area contributed by atoms with Crippen molar-refractivity contribution >= 4 is 29.6 Å². The van der Waals surface area contributed by atoms with Gasteiger partial charge in [-0.2, -0.15) is 0 Å². The van der Waals surface area contributed by atoms with E-state index in [2.05, 4.69) is 46.8 Å². The molecule has 2 aliphatic heterocycles. The molecule has 1 fully saturated rings. The lowest BCUT2D eigenvalue weighted by molar-refractivity contribution is -0.109. The average Bonchev–Trinajstić information content (AvgIpc) is 2.94. The fourth-order valence-corrected chi connectivity index (χ4v) is 5.53. The highest BCUT2D eigenvalue weighted by Crippen LogP contribution is 2.34. The summed E-state index contributed by atoms with van der Waals surface area (Å²) >= 11 is 0. The summed E-state index contributed by atoms with van der Waals surface area (Å²) in [6.07, 6.45) is 7.46. The molecule has 5 rings (SSSR count). The van der Waals surface area contributed by atoms with Gasteiger partial charge in [-0.1, -0.05) is 31.2 Å². The van der Waals surface area contributed by atoms with Crippen LogP contribution in [0, 0.1) is 11.2 Å². The van der Waals surface area contributed by atoms with Crippen molar-refractivity contribution in [1.29, 1.82) is 5.41 Å². The number of aromatic nitrogens is 1. The minimum Gasteiger partial charge on any atom is -0.378 e. The molecule has 196 valence electrons. The van der Waals surface area contributed by atoms with Crippen molar-refractivity contribution in [1.82, 2.24) is 15.2 Å². The summed E-state index contributed by atoms with van der Waals surface area (Å²) in [5, 5.41) is 15.5. The van der Waals surface area contributed by atoms with Crippen molar-refractivity contribution < 1.29 is 9.18 Å². The van der Waals surface area contributed by atoms with Crippen molar-refractivity contribution in [2.75, 3.05) is 25.5 Å². The quantitative estimate of drug-likeness (QED) is 0.250. The Labute approximate surface area is 223 Å². The molecule has 0 amide bonds. The number of hydrogen-bond acceptors (Lipinski definition) is 6. The first kappa shape index (κ1) is 25.8. The van der Waals surface area contributed by atoms with Gasteiger partial charge in [0.2, 0.25) is 0 Å². The van der Waals surface area contributed by atoms with Gasteiger partial charge >= 0.3 is 0 Å². The number of carbonyl (C=O) groups is 1. The number of nitrogens with zero attached hydrogens (tertiary/aromatic N) is 2. The van der Waals surface area contributed by atoms with Crippen molar-refractivity contribution in [3.05, 3.63) is 94.6 Å². The first-order valence-electron chi connectivity index (χ1n) is 13.3. The monoisotopic (exact) mass is 511 g/mol. The second-order valence-electron chi connectivity index (χ2n) is 10.2. The second-order valence-corrected chi connectivity index (χ2v) is 10.2. The van der Waals surface area contributed by atoms with Crippen molar-refractivity contribution in [3.8, 4) is 0 Å². The summed E-state index contributed by atoms with van der Waals surface area (Å²) in [5.74, 6) is 0.487. The zero-order valence-corrected chi connectivity index (χ0v) is 21.9. The molecule has 0 radical (unpaired) electrons. The van der Waals surface area contributed by atoms with Gasteiger partial charge in [-0.05, 0) is 105 Å². The second kappa shape index (κ2) is 11.3. The fraction of sp³-hybridized carbons (Fsp3) is 0.323. The molecule has 2 aromatic carbocycles. The SMILES string of the molecule is CCC(C(=N)c1cc2c(c(Nc3ccc(C4CCN(C)CC4)cc3)n1)C(C=O)NC=C2)c1cccc(F)c1. The summed E-state index contributed by atoms with van der Waals surface area (Å²) < 4.78 is 14.0. The maximum Gasteiger partial charge on any atom is 0.146 e. The molecule has 2 aliphatic rings. The van der Waals surface area contributed by atoms with E-state index in [1.807, 2.05) is 25.1 Å². The zero-order chi connectivity index (χ0) is 26.6. The van der Waals surface area contributed by atoms with Crippen molar-refractivity contribution in [2.24, 2.45) is 0 Å². The number of likely N-dealkylation sites (tertiary alicyclic amines) is 1. The molecule has 0 saturated carbocycles. The van der Waals surface area contributed by atoms with Crippen molar-refractivity contribution in [2.45, 2.75) is 44.1 Å². The molecule has 2 atom stereocenters. The van der Waals surface area contributed by atoms with Crippen LogP contribution in [-0.4, -0.2) is 42.0 Å². The van der Waals surface area contributed by atoms with Gasteiger partial charge in [0.25, 0.3) is 0 Å². The predicted molar refractivity (Wildman–Crippen MR) is 151 cm³/mol. The van der Waals surface area contributed by atoms with E-state index >= 15 is 0 Å². The van der Waals surface area contributed by atoms with Crippen LogP contribution in [-0.2, 0) is 4.79 Å². The van der Waals surface area contributed by atoms with Gasteiger partial charge in [-0.25, -0.2) is 9.37 Å². The van der Waals surface area contributed by atoms with Gasteiger partial charge in [-0.15, -0.1) is 0 Å². The number of rotatable bonds is 8. The molecular weight excluding hydrogens is 477 g/mol. The smallest absolute Gasteiger partial charge is 0.146 e. The topological polar surface area (TPSA) is 81.1 Å². The Morgan fingerprint density at radius 1 is 1.21 bits per heavy atom. The molecule has 0 bridgehead atoms. The lowest BCUT2D eigenvalue weighted by Gasteiger charge is -2.29. The molecule has 6 nitrogen and oxygen atoms in total. The largest absolute Gasteiger partial charge is 0.378 e. The van der Waals surface area contributed by atoms with Crippen molar-refractivity contribution in [3.63, 3.8) is 0 Å². The molecule has 3 heterocycles. The summed E-state index contributed by atoms with van der Waals surface area (Å²) in [7, 11) is 2.17. The number of anilines is 2. The molecular formula is C31H34FN5O. The van der Waals surface area contributed by atoms with Crippen LogP contribution in [0.2, 0.25) is 0 Å². The van der Waals surface area contributed by atoms with E-state index in [-0.39, 0.29) is 11.7 Å². The number of aldehydes is 1. The number of nitrogens with one attached hydrogen (secondary N) is 3. The van der Waals surface area contributed by atoms with E-state index in [1.165, 1.54) is 17.7 Å². The Bertz CT molecular complexity index is 1340. The Balaban J connectivity index is 1.47. The van der Waals surface area contributed by atoms with Crippen LogP contribution < -0.4 is 10.6 Å². The van der Waals surface area contributed by atoms with Gasteiger partial charge < -0.3 is 25.7 Å². The highest BCUT2D eigenvalue weighted by atomic mass is 19.1. The van der Waals surface area contributed by atoms with Crippen LogP contribution in [0.5, 0.6) is 0 Å². The lowest BCUT2D eigenvalue weighted by Crippen LogP contribution is -2.29. The van der Waals surface area contributed by atoms with Gasteiger partial charge in [0.05, 0.1) is 11.4 Å². The van der Waals surface area contributed by atoms with E-state index < -0.39 is 6.04 Å². The Morgan fingerprint density at radius 2 is 1.97 bits per heavy atom. The Morgan fingerprint density at radius 3 is 2.66 bits per heavy atom.